The van der Waals surface area contributed by atoms with Gasteiger partial charge in [-0.2, -0.15) is 0 Å². The van der Waals surface area contributed by atoms with Gasteiger partial charge < -0.3 is 15.2 Å². The van der Waals surface area contributed by atoms with Crippen molar-refractivity contribution in [3.05, 3.63) is 34.9 Å². The Hall–Kier alpha value is -1.53. The van der Waals surface area contributed by atoms with Gasteiger partial charge in [-0.1, -0.05) is 0 Å². The minimum absolute atomic E-state index is 0.0548. The molecule has 1 rings (SSSR count). The number of aryl methyl sites for hydroxylation is 1. The first-order valence-corrected chi connectivity index (χ1v) is 5.90. The van der Waals surface area contributed by atoms with Crippen LogP contribution in [-0.4, -0.2) is 25.8 Å². The lowest BCUT2D eigenvalue weighted by Gasteiger charge is -2.14. The number of carbonyl (C=O) groups is 1. The lowest BCUT2D eigenvalue weighted by atomic mass is 10.0. The monoisotopic (exact) mass is 273 g/mol. The molecule has 1 atom stereocenters. The first-order valence-electron chi connectivity index (χ1n) is 5.90. The number of nitrogens with two attached hydrogens (primary N) is 1. The van der Waals surface area contributed by atoms with Crippen molar-refractivity contribution in [2.24, 2.45) is 5.73 Å². The molecule has 2 N–H and O–H groups in total. The number of hydrogen-bond donors (Lipinski definition) is 1. The number of ether oxygens (including phenoxy) is 2. The van der Waals surface area contributed by atoms with Crippen molar-refractivity contribution in [1.29, 1.82) is 0 Å². The third kappa shape index (κ3) is 4.57. The zero-order valence-electron chi connectivity index (χ0n) is 10.9. The van der Waals surface area contributed by atoms with Crippen molar-refractivity contribution < 1.29 is 23.0 Å². The summed E-state index contributed by atoms with van der Waals surface area (Å²) in [6, 6.07) is 1.35. The molecule has 1 aromatic carbocycles. The van der Waals surface area contributed by atoms with Gasteiger partial charge in [0, 0.05) is 11.6 Å². The molecule has 0 aliphatic heterocycles. The molecule has 1 unspecified atom stereocenters. The fraction of sp³-hybridized carbons (Fsp3) is 0.462. The molecule has 0 fully saturated rings. The highest BCUT2D eigenvalue weighted by molar-refractivity contribution is 5.70. The fourth-order valence-electron chi connectivity index (χ4n) is 1.53. The second kappa shape index (κ2) is 7.16. The summed E-state index contributed by atoms with van der Waals surface area (Å²) in [5, 5.41) is 0. The highest BCUT2D eigenvalue weighted by Crippen LogP contribution is 2.19. The Morgan fingerprint density at radius 3 is 2.68 bits per heavy atom. The van der Waals surface area contributed by atoms with Crippen LogP contribution in [0.25, 0.3) is 0 Å². The van der Waals surface area contributed by atoms with Gasteiger partial charge in [0.1, 0.15) is 18.2 Å². The first-order chi connectivity index (χ1) is 8.95. The average molecular weight is 273 g/mol. The number of halogens is 2. The molecule has 0 bridgehead atoms. The van der Waals surface area contributed by atoms with E-state index < -0.39 is 23.6 Å². The van der Waals surface area contributed by atoms with E-state index in [-0.39, 0.29) is 25.4 Å². The van der Waals surface area contributed by atoms with E-state index in [2.05, 4.69) is 4.74 Å². The predicted molar refractivity (Wildman–Crippen MR) is 65.5 cm³/mol. The summed E-state index contributed by atoms with van der Waals surface area (Å²) in [5.74, 6) is -1.86. The summed E-state index contributed by atoms with van der Waals surface area (Å²) >= 11 is 0. The maximum absolute atomic E-state index is 13.5. The Morgan fingerprint density at radius 2 is 2.05 bits per heavy atom. The Kier molecular flexibility index (Phi) is 5.85. The minimum atomic E-state index is -0.770. The standard InChI is InChI=1S/C13H17F2NO3/c1-3-19-13(17)7-18-6-12(16)9-4-8(2)10(14)5-11(9)15/h4-5,12H,3,6-7,16H2,1-2H3. The van der Waals surface area contributed by atoms with Gasteiger partial charge in [-0.25, -0.2) is 13.6 Å². The molecule has 4 nitrogen and oxygen atoms in total. The van der Waals surface area contributed by atoms with E-state index in [0.29, 0.717) is 5.56 Å². The quantitative estimate of drug-likeness (QED) is 0.803. The van der Waals surface area contributed by atoms with Crippen molar-refractivity contribution in [2.45, 2.75) is 19.9 Å². The Morgan fingerprint density at radius 1 is 1.37 bits per heavy atom. The maximum Gasteiger partial charge on any atom is 0.332 e. The topological polar surface area (TPSA) is 61.5 Å². The fourth-order valence-corrected chi connectivity index (χ4v) is 1.53. The molecule has 6 heteroatoms. The van der Waals surface area contributed by atoms with E-state index in [9.17, 15) is 13.6 Å². The normalized spacial score (nSPS) is 12.3. The van der Waals surface area contributed by atoms with Gasteiger partial charge in [-0.15, -0.1) is 0 Å². The Labute approximate surface area is 110 Å². The molecule has 0 radical (unpaired) electrons. The van der Waals surface area contributed by atoms with Crippen LogP contribution in [0.15, 0.2) is 12.1 Å². The second-order valence-electron chi connectivity index (χ2n) is 4.05. The zero-order valence-corrected chi connectivity index (χ0v) is 10.9. The number of esters is 1. The Balaban J connectivity index is 2.56. The lowest BCUT2D eigenvalue weighted by Crippen LogP contribution is -2.22. The van der Waals surface area contributed by atoms with Crippen molar-refractivity contribution in [2.75, 3.05) is 19.8 Å². The summed E-state index contributed by atoms with van der Waals surface area (Å²) in [4.78, 5) is 11.0. The van der Waals surface area contributed by atoms with Crippen molar-refractivity contribution >= 4 is 5.97 Å². The molecule has 0 heterocycles. The smallest absolute Gasteiger partial charge is 0.332 e. The number of rotatable bonds is 6. The largest absolute Gasteiger partial charge is 0.464 e. The van der Waals surface area contributed by atoms with Crippen LogP contribution in [0.2, 0.25) is 0 Å². The molecule has 0 spiro atoms. The van der Waals surface area contributed by atoms with E-state index in [1.165, 1.54) is 13.0 Å². The van der Waals surface area contributed by atoms with Gasteiger partial charge in [0.25, 0.3) is 0 Å². The molecule has 0 saturated carbocycles. The molecule has 19 heavy (non-hydrogen) atoms. The summed E-state index contributed by atoms with van der Waals surface area (Å²) in [6.45, 7) is 3.16. The third-order valence-electron chi connectivity index (χ3n) is 2.50. The van der Waals surface area contributed by atoms with Crippen molar-refractivity contribution in [1.82, 2.24) is 0 Å². The number of carbonyl (C=O) groups excluding carboxylic acids is 1. The first kappa shape index (κ1) is 15.5. The van der Waals surface area contributed by atoms with Gasteiger partial charge in [-0.3, -0.25) is 0 Å². The van der Waals surface area contributed by atoms with E-state index in [1.807, 2.05) is 0 Å². The van der Waals surface area contributed by atoms with Gasteiger partial charge in [0.05, 0.1) is 19.3 Å². The number of hydrogen-bond acceptors (Lipinski definition) is 4. The molecule has 0 aliphatic rings. The zero-order chi connectivity index (χ0) is 14.4. The van der Waals surface area contributed by atoms with Crippen molar-refractivity contribution in [3.8, 4) is 0 Å². The van der Waals surface area contributed by atoms with Crippen molar-refractivity contribution in [3.63, 3.8) is 0 Å². The van der Waals surface area contributed by atoms with Gasteiger partial charge in [0.15, 0.2) is 0 Å². The second-order valence-corrected chi connectivity index (χ2v) is 4.05. The molecule has 0 aromatic heterocycles. The van der Waals surface area contributed by atoms with Crippen LogP contribution in [0.3, 0.4) is 0 Å². The van der Waals surface area contributed by atoms with Crippen LogP contribution in [0.4, 0.5) is 8.78 Å². The minimum Gasteiger partial charge on any atom is -0.464 e. The van der Waals surface area contributed by atoms with E-state index in [0.717, 1.165) is 6.07 Å². The maximum atomic E-state index is 13.5. The molecule has 0 saturated heterocycles. The molecule has 1 aromatic rings. The van der Waals surface area contributed by atoms with E-state index in [1.54, 1.807) is 6.92 Å². The summed E-state index contributed by atoms with van der Waals surface area (Å²) in [5.41, 5.74) is 6.19. The van der Waals surface area contributed by atoms with Crippen LogP contribution in [0.1, 0.15) is 24.1 Å². The number of benzene rings is 1. The summed E-state index contributed by atoms with van der Waals surface area (Å²) < 4.78 is 36.3. The summed E-state index contributed by atoms with van der Waals surface area (Å²) in [6.07, 6.45) is 0. The molecule has 106 valence electrons. The molecule has 0 amide bonds. The lowest BCUT2D eigenvalue weighted by molar-refractivity contribution is -0.148. The highest BCUT2D eigenvalue weighted by Gasteiger charge is 2.15. The Bertz CT molecular complexity index is 452. The predicted octanol–water partition coefficient (Wildman–Crippen LogP) is 1.85. The molecule has 0 aliphatic carbocycles. The van der Waals surface area contributed by atoms with E-state index in [4.69, 9.17) is 10.5 Å². The highest BCUT2D eigenvalue weighted by atomic mass is 19.1. The van der Waals surface area contributed by atoms with Crippen LogP contribution < -0.4 is 5.73 Å². The van der Waals surface area contributed by atoms with Crippen LogP contribution in [-0.2, 0) is 14.3 Å². The summed E-state index contributed by atoms with van der Waals surface area (Å²) in [7, 11) is 0. The van der Waals surface area contributed by atoms with Crippen LogP contribution in [0, 0.1) is 18.6 Å². The SMILES string of the molecule is CCOC(=O)COCC(N)c1cc(C)c(F)cc1F. The molecular formula is C13H17F2NO3. The third-order valence-corrected chi connectivity index (χ3v) is 2.50. The molecular weight excluding hydrogens is 256 g/mol. The van der Waals surface area contributed by atoms with Gasteiger partial charge in [0.2, 0.25) is 0 Å². The van der Waals surface area contributed by atoms with Crippen LogP contribution >= 0.6 is 0 Å². The van der Waals surface area contributed by atoms with Gasteiger partial charge in [-0.05, 0) is 25.5 Å². The average Bonchev–Trinajstić information content (AvgIpc) is 2.34. The van der Waals surface area contributed by atoms with E-state index >= 15 is 0 Å². The van der Waals surface area contributed by atoms with Gasteiger partial charge >= 0.3 is 5.97 Å². The van der Waals surface area contributed by atoms with Crippen LogP contribution in [0.5, 0.6) is 0 Å².